The van der Waals surface area contributed by atoms with Crippen molar-refractivity contribution < 1.29 is 28.6 Å². The fourth-order valence-electron chi connectivity index (χ4n) is 5.83. The van der Waals surface area contributed by atoms with Gasteiger partial charge in [0.1, 0.15) is 11.9 Å². The highest BCUT2D eigenvalue weighted by atomic mass is 19.1. The lowest BCUT2D eigenvalue weighted by Gasteiger charge is -2.41. The summed E-state index contributed by atoms with van der Waals surface area (Å²) in [5, 5.41) is 12.0. The number of rotatable bonds is 5. The molecule has 2 heterocycles. The van der Waals surface area contributed by atoms with Crippen molar-refractivity contribution in [3.05, 3.63) is 52.5 Å². The maximum absolute atomic E-state index is 15.0. The molecule has 5 rings (SSSR count). The van der Waals surface area contributed by atoms with Gasteiger partial charge in [-0.25, -0.2) is 9.37 Å². The Morgan fingerprint density at radius 3 is 2.61 bits per heavy atom. The SMILES string of the molecule is COc1ccc2c(n1)CCN(C(=O)C1CC(C(=O)O)C1)C2C(=O)Nc1cc(F)c2c(c1)CCC2(C)C. The van der Waals surface area contributed by atoms with Gasteiger partial charge >= 0.3 is 5.97 Å². The summed E-state index contributed by atoms with van der Waals surface area (Å²) in [5.74, 6) is -2.50. The smallest absolute Gasteiger partial charge is 0.306 e. The molecule has 2 aromatic rings. The lowest BCUT2D eigenvalue weighted by Crippen LogP contribution is -2.50. The average Bonchev–Trinajstić information content (AvgIpc) is 3.11. The number of carboxylic acid groups (broad SMARTS) is 1. The van der Waals surface area contributed by atoms with Crippen LogP contribution in [0.5, 0.6) is 5.88 Å². The normalized spacial score (nSPS) is 23.8. The molecule has 1 fully saturated rings. The van der Waals surface area contributed by atoms with Crippen molar-refractivity contribution in [2.75, 3.05) is 19.0 Å². The molecule has 0 radical (unpaired) electrons. The Labute approximate surface area is 208 Å². The molecule has 0 spiro atoms. The third-order valence-electron chi connectivity index (χ3n) is 7.89. The van der Waals surface area contributed by atoms with Gasteiger partial charge in [-0.2, -0.15) is 0 Å². The number of aliphatic carboxylic acids is 1. The number of anilines is 1. The number of amides is 2. The minimum Gasteiger partial charge on any atom is -0.481 e. The van der Waals surface area contributed by atoms with Crippen LogP contribution >= 0.6 is 0 Å². The van der Waals surface area contributed by atoms with Crippen molar-refractivity contribution in [3.63, 3.8) is 0 Å². The van der Waals surface area contributed by atoms with Gasteiger partial charge in [0.05, 0.1) is 18.7 Å². The van der Waals surface area contributed by atoms with Crippen molar-refractivity contribution in [2.24, 2.45) is 11.8 Å². The zero-order valence-corrected chi connectivity index (χ0v) is 20.6. The van der Waals surface area contributed by atoms with E-state index in [4.69, 9.17) is 4.74 Å². The average molecular weight is 496 g/mol. The van der Waals surface area contributed by atoms with Crippen molar-refractivity contribution >= 4 is 23.5 Å². The third-order valence-corrected chi connectivity index (χ3v) is 7.89. The Morgan fingerprint density at radius 1 is 1.17 bits per heavy atom. The van der Waals surface area contributed by atoms with Crippen LogP contribution in [0.4, 0.5) is 10.1 Å². The number of aromatic nitrogens is 1. The van der Waals surface area contributed by atoms with Gasteiger partial charge in [-0.3, -0.25) is 14.4 Å². The van der Waals surface area contributed by atoms with E-state index in [1.165, 1.54) is 18.1 Å². The summed E-state index contributed by atoms with van der Waals surface area (Å²) in [4.78, 5) is 44.3. The molecule has 1 saturated carbocycles. The Bertz CT molecular complexity index is 1250. The van der Waals surface area contributed by atoms with Crippen molar-refractivity contribution in [1.29, 1.82) is 0 Å². The third kappa shape index (κ3) is 4.10. The van der Waals surface area contributed by atoms with E-state index in [9.17, 15) is 19.5 Å². The lowest BCUT2D eigenvalue weighted by molar-refractivity contribution is -0.154. The van der Waals surface area contributed by atoms with Crippen LogP contribution in [-0.2, 0) is 32.6 Å². The molecule has 9 heteroatoms. The first-order chi connectivity index (χ1) is 17.1. The van der Waals surface area contributed by atoms with Crippen molar-refractivity contribution in [2.45, 2.75) is 57.4 Å². The Hall–Kier alpha value is -3.49. The van der Waals surface area contributed by atoms with E-state index < -0.39 is 29.8 Å². The maximum atomic E-state index is 15.0. The lowest BCUT2D eigenvalue weighted by atomic mass is 9.73. The Kier molecular flexibility index (Phi) is 5.97. The summed E-state index contributed by atoms with van der Waals surface area (Å²) in [7, 11) is 1.51. The van der Waals surface area contributed by atoms with Crippen LogP contribution in [0, 0.1) is 17.7 Å². The van der Waals surface area contributed by atoms with Gasteiger partial charge in [-0.15, -0.1) is 0 Å². The number of aryl methyl sites for hydroxylation is 1. The predicted molar refractivity (Wildman–Crippen MR) is 129 cm³/mol. The first-order valence-corrected chi connectivity index (χ1v) is 12.3. The monoisotopic (exact) mass is 495 g/mol. The Balaban J connectivity index is 1.45. The summed E-state index contributed by atoms with van der Waals surface area (Å²) in [5.41, 5.74) is 2.92. The van der Waals surface area contributed by atoms with Crippen LogP contribution in [0.1, 0.15) is 61.5 Å². The number of halogens is 1. The molecule has 1 aromatic heterocycles. The summed E-state index contributed by atoms with van der Waals surface area (Å²) in [6.07, 6.45) is 2.54. The minimum atomic E-state index is -0.962. The van der Waals surface area contributed by atoms with Gasteiger partial charge in [0, 0.05) is 36.2 Å². The molecule has 36 heavy (non-hydrogen) atoms. The second kappa shape index (κ2) is 8.87. The number of pyridine rings is 1. The number of carbonyl (C=O) groups is 3. The van der Waals surface area contributed by atoms with Gasteiger partial charge in [-0.1, -0.05) is 13.8 Å². The fraction of sp³-hybridized carbons (Fsp3) is 0.481. The van der Waals surface area contributed by atoms with Crippen molar-refractivity contribution in [1.82, 2.24) is 9.88 Å². The summed E-state index contributed by atoms with van der Waals surface area (Å²) >= 11 is 0. The predicted octanol–water partition coefficient (Wildman–Crippen LogP) is 3.63. The number of benzene rings is 1. The van der Waals surface area contributed by atoms with E-state index in [1.54, 1.807) is 12.1 Å². The number of nitrogens with zero attached hydrogens (tertiary/aromatic N) is 2. The fourth-order valence-corrected chi connectivity index (χ4v) is 5.83. The largest absolute Gasteiger partial charge is 0.481 e. The summed E-state index contributed by atoms with van der Waals surface area (Å²) in [6.45, 7) is 4.30. The van der Waals surface area contributed by atoms with E-state index in [2.05, 4.69) is 10.3 Å². The standard InChI is InChI=1S/C27H30FN3O5/c1-27(2)8-6-14-12-17(13-19(28)22(14)27)29-24(32)23-18-4-5-21(36-3)30-20(18)7-9-31(23)25(33)15-10-16(11-15)26(34)35/h4-5,12-13,15-16,23H,6-11H2,1-3H3,(H,29,32)(H,34,35). The van der Waals surface area contributed by atoms with Crippen molar-refractivity contribution in [3.8, 4) is 5.88 Å². The number of fused-ring (bicyclic) bond motifs is 2. The molecule has 2 N–H and O–H groups in total. The molecule has 1 aromatic carbocycles. The zero-order valence-electron chi connectivity index (χ0n) is 20.6. The molecular weight excluding hydrogens is 465 g/mol. The van der Waals surface area contributed by atoms with E-state index in [-0.39, 0.29) is 36.5 Å². The molecule has 1 atom stereocenters. The van der Waals surface area contributed by atoms with E-state index in [0.717, 1.165) is 18.4 Å². The van der Waals surface area contributed by atoms with Gasteiger partial charge in [0.2, 0.25) is 11.8 Å². The van der Waals surface area contributed by atoms with E-state index in [1.807, 2.05) is 19.9 Å². The minimum absolute atomic E-state index is 0.240. The zero-order chi connectivity index (χ0) is 25.8. The van der Waals surface area contributed by atoms with Crippen LogP contribution < -0.4 is 10.1 Å². The molecule has 2 aliphatic carbocycles. The second-order valence-electron chi connectivity index (χ2n) is 10.6. The van der Waals surface area contributed by atoms with E-state index in [0.29, 0.717) is 34.8 Å². The number of hydrogen-bond acceptors (Lipinski definition) is 5. The summed E-state index contributed by atoms with van der Waals surface area (Å²) in [6, 6.07) is 5.58. The molecule has 8 nitrogen and oxygen atoms in total. The highest BCUT2D eigenvalue weighted by molar-refractivity contribution is 5.99. The molecule has 1 aliphatic heterocycles. The maximum Gasteiger partial charge on any atom is 0.306 e. The number of carboxylic acids is 1. The van der Waals surface area contributed by atoms with E-state index >= 15 is 4.39 Å². The first kappa shape index (κ1) is 24.2. The van der Waals surface area contributed by atoms with Crippen LogP contribution in [0.2, 0.25) is 0 Å². The number of methoxy groups -OCH3 is 1. The highest BCUT2D eigenvalue weighted by Gasteiger charge is 2.45. The quantitative estimate of drug-likeness (QED) is 0.656. The molecular formula is C27H30FN3O5. The number of carbonyl (C=O) groups excluding carboxylic acids is 2. The number of nitrogens with one attached hydrogen (secondary N) is 1. The molecule has 190 valence electrons. The molecule has 3 aliphatic rings. The van der Waals surface area contributed by atoms with Gasteiger partial charge < -0.3 is 20.1 Å². The van der Waals surface area contributed by atoms with Gasteiger partial charge in [0.15, 0.2) is 0 Å². The molecule has 0 bridgehead atoms. The molecule has 0 saturated heterocycles. The highest BCUT2D eigenvalue weighted by Crippen LogP contribution is 2.42. The van der Waals surface area contributed by atoms with Crippen LogP contribution in [0.15, 0.2) is 24.3 Å². The first-order valence-electron chi connectivity index (χ1n) is 12.3. The summed E-state index contributed by atoms with van der Waals surface area (Å²) < 4.78 is 20.3. The molecule has 2 amide bonds. The second-order valence-corrected chi connectivity index (χ2v) is 10.6. The van der Waals surface area contributed by atoms with Gasteiger partial charge in [0.25, 0.3) is 5.91 Å². The topological polar surface area (TPSA) is 109 Å². The van der Waals surface area contributed by atoms with Crippen LogP contribution in [0.3, 0.4) is 0 Å². The van der Waals surface area contributed by atoms with Gasteiger partial charge in [-0.05, 0) is 60.4 Å². The number of hydrogen-bond donors (Lipinski definition) is 2. The number of ether oxygens (including phenoxy) is 1. The Morgan fingerprint density at radius 2 is 1.92 bits per heavy atom. The van der Waals surface area contributed by atoms with Crippen LogP contribution in [-0.4, -0.2) is 46.4 Å². The van der Waals surface area contributed by atoms with Crippen LogP contribution in [0.25, 0.3) is 0 Å². The molecule has 1 unspecified atom stereocenters.